The lowest BCUT2D eigenvalue weighted by molar-refractivity contribution is 0.559. The molecule has 1 N–H and O–H groups in total. The molecule has 1 heterocycles. The minimum absolute atomic E-state index is 0.148. The van der Waals surface area contributed by atoms with Gasteiger partial charge in [-0.2, -0.15) is 0 Å². The first-order valence-corrected chi connectivity index (χ1v) is 8.30. The number of anilines is 1. The van der Waals surface area contributed by atoms with Gasteiger partial charge >= 0.3 is 0 Å². The van der Waals surface area contributed by atoms with Crippen molar-refractivity contribution in [2.45, 2.75) is 25.7 Å². The van der Waals surface area contributed by atoms with Crippen LogP contribution in [-0.2, 0) is 10.0 Å². The molecule has 1 aromatic heterocycles. The van der Waals surface area contributed by atoms with Crippen molar-refractivity contribution >= 4 is 26.8 Å². The fraction of sp³-hybridized carbons (Fsp3) is 0.188. The van der Waals surface area contributed by atoms with Gasteiger partial charge in [0, 0.05) is 18.7 Å². The van der Waals surface area contributed by atoms with Gasteiger partial charge in [-0.15, -0.1) is 0 Å². The summed E-state index contributed by atoms with van der Waals surface area (Å²) < 4.78 is 33.0. The average molecular weight is 316 g/mol. The maximum Gasteiger partial charge on any atom is 0.262 e. The van der Waals surface area contributed by atoms with Crippen molar-refractivity contribution in [2.75, 3.05) is 4.72 Å². The van der Waals surface area contributed by atoms with E-state index < -0.39 is 10.0 Å². The highest BCUT2D eigenvalue weighted by Gasteiger charge is 2.16. The van der Waals surface area contributed by atoms with Crippen LogP contribution in [0.3, 0.4) is 0 Å². The number of fused-ring (bicyclic) bond motifs is 1. The van der Waals surface area contributed by atoms with Crippen LogP contribution < -0.4 is 4.72 Å². The van der Waals surface area contributed by atoms with Crippen molar-refractivity contribution in [1.29, 1.82) is 0 Å². The minimum Gasteiger partial charge on any atom is -0.441 e. The second kappa shape index (κ2) is 5.14. The fourth-order valence-corrected chi connectivity index (χ4v) is 3.49. The molecule has 0 fully saturated rings. The first-order valence-electron chi connectivity index (χ1n) is 6.82. The summed E-state index contributed by atoms with van der Waals surface area (Å²) in [6.45, 7) is 5.57. The van der Waals surface area contributed by atoms with Crippen LogP contribution in [0.2, 0.25) is 0 Å². The SMILES string of the molecule is Cc1cc(C)cc(NS(=O)(=O)c2ccc3nc(C)oc3c2)c1. The number of benzene rings is 2. The molecule has 0 atom stereocenters. The molecular formula is C16H16N2O3S. The number of nitrogens with one attached hydrogen (secondary N) is 1. The lowest BCUT2D eigenvalue weighted by atomic mass is 10.1. The third-order valence-electron chi connectivity index (χ3n) is 3.25. The first-order chi connectivity index (χ1) is 10.3. The number of nitrogens with zero attached hydrogens (tertiary/aromatic N) is 1. The molecule has 0 radical (unpaired) electrons. The zero-order valence-electron chi connectivity index (χ0n) is 12.5. The second-order valence-corrected chi connectivity index (χ2v) is 7.03. The van der Waals surface area contributed by atoms with E-state index in [0.29, 0.717) is 22.7 Å². The molecule has 0 unspecified atom stereocenters. The summed E-state index contributed by atoms with van der Waals surface area (Å²) in [5.41, 5.74) is 3.65. The van der Waals surface area contributed by atoms with Crippen LogP contribution in [0.15, 0.2) is 45.7 Å². The van der Waals surface area contributed by atoms with Gasteiger partial charge in [0.15, 0.2) is 11.5 Å². The van der Waals surface area contributed by atoms with Crippen LogP contribution in [0.4, 0.5) is 5.69 Å². The number of hydrogen-bond donors (Lipinski definition) is 1. The summed E-state index contributed by atoms with van der Waals surface area (Å²) in [5, 5.41) is 0. The van der Waals surface area contributed by atoms with Gasteiger partial charge in [-0.3, -0.25) is 4.72 Å². The third-order valence-corrected chi connectivity index (χ3v) is 4.63. The van der Waals surface area contributed by atoms with Crippen LogP contribution in [0, 0.1) is 20.8 Å². The van der Waals surface area contributed by atoms with Crippen LogP contribution in [0.1, 0.15) is 17.0 Å². The molecule has 22 heavy (non-hydrogen) atoms. The smallest absolute Gasteiger partial charge is 0.262 e. The normalized spacial score (nSPS) is 11.8. The van der Waals surface area contributed by atoms with Gasteiger partial charge in [-0.1, -0.05) is 6.07 Å². The van der Waals surface area contributed by atoms with Gasteiger partial charge in [0.25, 0.3) is 10.0 Å². The Morgan fingerprint density at radius 3 is 2.36 bits per heavy atom. The fourth-order valence-electron chi connectivity index (χ4n) is 2.43. The summed E-state index contributed by atoms with van der Waals surface area (Å²) in [6, 6.07) is 10.2. The molecule has 114 valence electrons. The number of sulfonamides is 1. The molecule has 0 amide bonds. The molecule has 0 bridgehead atoms. The molecule has 0 spiro atoms. The monoisotopic (exact) mass is 316 g/mol. The zero-order chi connectivity index (χ0) is 15.9. The maximum atomic E-state index is 12.5. The Hall–Kier alpha value is -2.34. The number of rotatable bonds is 3. The highest BCUT2D eigenvalue weighted by molar-refractivity contribution is 7.92. The topological polar surface area (TPSA) is 72.2 Å². The third kappa shape index (κ3) is 2.82. The minimum atomic E-state index is -3.67. The summed E-state index contributed by atoms with van der Waals surface area (Å²) in [7, 11) is -3.67. The second-order valence-electron chi connectivity index (χ2n) is 5.34. The Morgan fingerprint density at radius 2 is 1.68 bits per heavy atom. The molecule has 0 aliphatic rings. The van der Waals surface area contributed by atoms with Crippen molar-refractivity contribution in [1.82, 2.24) is 4.98 Å². The average Bonchev–Trinajstić information content (AvgIpc) is 2.75. The Balaban J connectivity index is 2.00. The summed E-state index contributed by atoms with van der Waals surface area (Å²) in [6.07, 6.45) is 0. The number of aromatic nitrogens is 1. The number of aryl methyl sites for hydroxylation is 3. The molecule has 5 nitrogen and oxygen atoms in total. The van der Waals surface area contributed by atoms with E-state index in [1.165, 1.54) is 12.1 Å². The van der Waals surface area contributed by atoms with E-state index in [0.717, 1.165) is 11.1 Å². The van der Waals surface area contributed by atoms with Crippen LogP contribution in [-0.4, -0.2) is 13.4 Å². The van der Waals surface area contributed by atoms with E-state index in [4.69, 9.17) is 4.42 Å². The molecule has 3 aromatic rings. The van der Waals surface area contributed by atoms with Crippen LogP contribution in [0.5, 0.6) is 0 Å². The van der Waals surface area contributed by atoms with E-state index >= 15 is 0 Å². The summed E-state index contributed by atoms with van der Waals surface area (Å²) in [4.78, 5) is 4.31. The zero-order valence-corrected chi connectivity index (χ0v) is 13.4. The molecular weight excluding hydrogens is 300 g/mol. The van der Waals surface area contributed by atoms with E-state index in [1.54, 1.807) is 25.1 Å². The van der Waals surface area contributed by atoms with Crippen molar-refractivity contribution in [3.05, 3.63) is 53.4 Å². The molecule has 6 heteroatoms. The van der Waals surface area contributed by atoms with E-state index in [9.17, 15) is 8.42 Å². The van der Waals surface area contributed by atoms with Crippen molar-refractivity contribution in [3.63, 3.8) is 0 Å². The van der Waals surface area contributed by atoms with Gasteiger partial charge in [0.1, 0.15) is 5.52 Å². The molecule has 0 saturated heterocycles. The lowest BCUT2D eigenvalue weighted by Crippen LogP contribution is -2.13. The van der Waals surface area contributed by atoms with Gasteiger partial charge in [0.05, 0.1) is 4.90 Å². The predicted molar refractivity (Wildman–Crippen MR) is 85.5 cm³/mol. The van der Waals surface area contributed by atoms with Gasteiger partial charge in [-0.25, -0.2) is 13.4 Å². The quantitative estimate of drug-likeness (QED) is 0.802. The Labute approximate surface area is 129 Å². The maximum absolute atomic E-state index is 12.5. The summed E-state index contributed by atoms with van der Waals surface area (Å²) in [5.74, 6) is 0.506. The van der Waals surface area contributed by atoms with Crippen molar-refractivity contribution in [2.24, 2.45) is 0 Å². The predicted octanol–water partition coefficient (Wildman–Crippen LogP) is 3.55. The Kier molecular flexibility index (Phi) is 3.41. The van der Waals surface area contributed by atoms with Gasteiger partial charge in [0.2, 0.25) is 0 Å². The molecule has 2 aromatic carbocycles. The molecule has 3 rings (SSSR count). The van der Waals surface area contributed by atoms with E-state index in [-0.39, 0.29) is 4.90 Å². The van der Waals surface area contributed by atoms with E-state index in [1.807, 2.05) is 19.9 Å². The number of oxazole rings is 1. The first kappa shape index (κ1) is 14.6. The van der Waals surface area contributed by atoms with Crippen molar-refractivity contribution in [3.8, 4) is 0 Å². The largest absolute Gasteiger partial charge is 0.441 e. The standard InChI is InChI=1S/C16H16N2O3S/c1-10-6-11(2)8-13(7-10)18-22(19,20)14-4-5-15-16(9-14)21-12(3)17-15/h4-9,18H,1-3H3. The van der Waals surface area contributed by atoms with Crippen LogP contribution >= 0.6 is 0 Å². The lowest BCUT2D eigenvalue weighted by Gasteiger charge is -2.09. The van der Waals surface area contributed by atoms with Gasteiger partial charge in [-0.05, 0) is 49.2 Å². The molecule has 0 aliphatic heterocycles. The van der Waals surface area contributed by atoms with Crippen molar-refractivity contribution < 1.29 is 12.8 Å². The van der Waals surface area contributed by atoms with Crippen LogP contribution in [0.25, 0.3) is 11.1 Å². The highest BCUT2D eigenvalue weighted by Crippen LogP contribution is 2.23. The Morgan fingerprint density at radius 1 is 1.00 bits per heavy atom. The molecule has 0 saturated carbocycles. The highest BCUT2D eigenvalue weighted by atomic mass is 32.2. The number of hydrogen-bond acceptors (Lipinski definition) is 4. The summed E-state index contributed by atoms with van der Waals surface area (Å²) >= 11 is 0. The van der Waals surface area contributed by atoms with E-state index in [2.05, 4.69) is 9.71 Å². The van der Waals surface area contributed by atoms with Gasteiger partial charge < -0.3 is 4.42 Å². The molecule has 0 aliphatic carbocycles. The Bertz CT molecular complexity index is 938.